The van der Waals surface area contributed by atoms with Crippen LogP contribution in [0, 0.1) is 5.92 Å². The third-order valence-corrected chi connectivity index (χ3v) is 3.32. The molecule has 1 saturated heterocycles. The Bertz CT molecular complexity index is 425. The van der Waals surface area contributed by atoms with Gasteiger partial charge in [-0.25, -0.2) is 0 Å². The molecule has 1 aromatic rings. The number of hydrogen-bond donors (Lipinski definition) is 1. The highest BCUT2D eigenvalue weighted by molar-refractivity contribution is 5.20. The third kappa shape index (κ3) is 3.44. The molecule has 0 saturated carbocycles. The molecule has 1 N–H and O–H groups in total. The van der Waals surface area contributed by atoms with E-state index in [4.69, 9.17) is 14.6 Å². The second kappa shape index (κ2) is 5.87. The van der Waals surface area contributed by atoms with Gasteiger partial charge in [0.1, 0.15) is 6.10 Å². The summed E-state index contributed by atoms with van der Waals surface area (Å²) in [4.78, 5) is 0. The second-order valence-corrected chi connectivity index (χ2v) is 5.40. The minimum absolute atomic E-state index is 0.0415. The maximum Gasteiger partial charge on any atom is 0.164 e. The quantitative estimate of drug-likeness (QED) is 0.848. The topological polar surface area (TPSA) is 38.7 Å². The fourth-order valence-corrected chi connectivity index (χ4v) is 2.46. The summed E-state index contributed by atoms with van der Waals surface area (Å²) in [5.74, 6) is -0.397. The molecule has 0 unspecified atom stereocenters. The predicted octanol–water partition coefficient (Wildman–Crippen LogP) is 3.06. The van der Waals surface area contributed by atoms with E-state index in [2.05, 4.69) is 19.1 Å². The zero-order valence-electron chi connectivity index (χ0n) is 11.7. The van der Waals surface area contributed by atoms with Crippen molar-refractivity contribution in [2.24, 2.45) is 5.92 Å². The number of ether oxygens (including phenoxy) is 2. The van der Waals surface area contributed by atoms with Gasteiger partial charge in [0.05, 0.1) is 12.7 Å². The van der Waals surface area contributed by atoms with Crippen molar-refractivity contribution in [2.75, 3.05) is 6.61 Å². The van der Waals surface area contributed by atoms with Crippen LogP contribution in [0.4, 0.5) is 0 Å². The summed E-state index contributed by atoms with van der Waals surface area (Å²) in [7, 11) is 0. The summed E-state index contributed by atoms with van der Waals surface area (Å²) in [6.07, 6.45) is 3.61. The lowest BCUT2D eigenvalue weighted by Gasteiger charge is -2.21. The molecule has 1 heterocycles. The number of aliphatic hydroxyl groups is 1. The Morgan fingerprint density at radius 3 is 2.58 bits per heavy atom. The van der Waals surface area contributed by atoms with Gasteiger partial charge in [0, 0.05) is 5.92 Å². The average molecular weight is 262 g/mol. The van der Waals surface area contributed by atoms with Crippen LogP contribution in [0.5, 0.6) is 0 Å². The molecule has 2 rings (SSSR count). The first-order valence-electron chi connectivity index (χ1n) is 6.71. The van der Waals surface area contributed by atoms with Crippen molar-refractivity contribution in [1.82, 2.24) is 0 Å². The summed E-state index contributed by atoms with van der Waals surface area (Å²) in [6.45, 7) is 6.01. The summed E-state index contributed by atoms with van der Waals surface area (Å²) in [5, 5.41) is 8.88. The number of aliphatic hydroxyl groups excluding tert-OH is 1. The minimum atomic E-state index is -0.577. The molecule has 0 amide bonds. The van der Waals surface area contributed by atoms with Gasteiger partial charge in [-0.15, -0.1) is 0 Å². The SMILES string of the molecule is C[C@H](/C=C/CO)[C@H]1OC(C)(C)O[C@@H]1c1ccccc1. The molecule has 0 aliphatic carbocycles. The van der Waals surface area contributed by atoms with Crippen LogP contribution in [0.15, 0.2) is 42.5 Å². The van der Waals surface area contributed by atoms with Crippen molar-refractivity contribution in [3.63, 3.8) is 0 Å². The first kappa shape index (κ1) is 14.3. The Labute approximate surface area is 114 Å². The Hall–Kier alpha value is -1.16. The highest BCUT2D eigenvalue weighted by Crippen LogP contribution is 2.41. The van der Waals surface area contributed by atoms with Gasteiger partial charge in [-0.2, -0.15) is 0 Å². The second-order valence-electron chi connectivity index (χ2n) is 5.40. The van der Waals surface area contributed by atoms with Crippen molar-refractivity contribution in [2.45, 2.75) is 38.8 Å². The molecule has 0 aromatic heterocycles. The Balaban J connectivity index is 2.22. The van der Waals surface area contributed by atoms with E-state index in [9.17, 15) is 0 Å². The van der Waals surface area contributed by atoms with Crippen LogP contribution < -0.4 is 0 Å². The van der Waals surface area contributed by atoms with Gasteiger partial charge in [-0.05, 0) is 19.4 Å². The van der Waals surface area contributed by atoms with Gasteiger partial charge in [-0.3, -0.25) is 0 Å². The van der Waals surface area contributed by atoms with E-state index < -0.39 is 5.79 Å². The van der Waals surface area contributed by atoms with Crippen LogP contribution in [0.3, 0.4) is 0 Å². The lowest BCUT2D eigenvalue weighted by Crippen LogP contribution is -2.25. The van der Waals surface area contributed by atoms with Crippen molar-refractivity contribution >= 4 is 0 Å². The molecule has 19 heavy (non-hydrogen) atoms. The van der Waals surface area contributed by atoms with Crippen LogP contribution >= 0.6 is 0 Å². The Morgan fingerprint density at radius 2 is 1.95 bits per heavy atom. The van der Waals surface area contributed by atoms with Gasteiger partial charge in [-0.1, -0.05) is 49.4 Å². The standard InChI is InChI=1S/C16H22O3/c1-12(8-7-11-17)14-15(19-16(2,3)18-14)13-9-5-4-6-10-13/h4-10,12,14-15,17H,11H2,1-3H3/b8-7+/t12-,14-,15-/m1/s1. The van der Waals surface area contributed by atoms with Crippen LogP contribution in [0.2, 0.25) is 0 Å². The van der Waals surface area contributed by atoms with Gasteiger partial charge in [0.2, 0.25) is 0 Å². The molecular formula is C16H22O3. The van der Waals surface area contributed by atoms with Crippen LogP contribution in [0.25, 0.3) is 0 Å². The van der Waals surface area contributed by atoms with E-state index in [0.29, 0.717) is 0 Å². The zero-order chi connectivity index (χ0) is 13.9. The molecule has 1 aliphatic rings. The van der Waals surface area contributed by atoms with Gasteiger partial charge < -0.3 is 14.6 Å². The molecule has 0 radical (unpaired) electrons. The van der Waals surface area contributed by atoms with E-state index in [1.54, 1.807) is 6.08 Å². The van der Waals surface area contributed by atoms with Crippen LogP contribution in [-0.2, 0) is 9.47 Å². The Morgan fingerprint density at radius 1 is 1.26 bits per heavy atom. The number of rotatable bonds is 4. The lowest BCUT2D eigenvalue weighted by molar-refractivity contribution is -0.149. The third-order valence-electron chi connectivity index (χ3n) is 3.32. The fraction of sp³-hybridized carbons (Fsp3) is 0.500. The van der Waals surface area contributed by atoms with Crippen molar-refractivity contribution in [3.05, 3.63) is 48.0 Å². The molecule has 1 fully saturated rings. The van der Waals surface area contributed by atoms with Crippen molar-refractivity contribution < 1.29 is 14.6 Å². The van der Waals surface area contributed by atoms with E-state index in [1.807, 2.05) is 38.1 Å². The molecule has 3 atom stereocenters. The molecule has 3 nitrogen and oxygen atoms in total. The summed E-state index contributed by atoms with van der Waals surface area (Å²) in [5.41, 5.74) is 1.13. The van der Waals surface area contributed by atoms with E-state index in [1.165, 1.54) is 0 Å². The largest absolute Gasteiger partial charge is 0.392 e. The highest BCUT2D eigenvalue weighted by atomic mass is 16.8. The normalized spacial score (nSPS) is 27.8. The minimum Gasteiger partial charge on any atom is -0.392 e. The van der Waals surface area contributed by atoms with Gasteiger partial charge in [0.15, 0.2) is 5.79 Å². The number of benzene rings is 1. The number of hydrogen-bond acceptors (Lipinski definition) is 3. The highest BCUT2D eigenvalue weighted by Gasteiger charge is 2.43. The average Bonchev–Trinajstić information content (AvgIpc) is 2.73. The van der Waals surface area contributed by atoms with E-state index in [-0.39, 0.29) is 24.7 Å². The van der Waals surface area contributed by atoms with Crippen LogP contribution in [0.1, 0.15) is 32.4 Å². The van der Waals surface area contributed by atoms with Crippen molar-refractivity contribution in [1.29, 1.82) is 0 Å². The monoisotopic (exact) mass is 262 g/mol. The Kier molecular flexibility index (Phi) is 4.40. The summed E-state index contributed by atoms with van der Waals surface area (Å²) >= 11 is 0. The van der Waals surface area contributed by atoms with Crippen LogP contribution in [-0.4, -0.2) is 23.6 Å². The molecule has 104 valence electrons. The first-order valence-corrected chi connectivity index (χ1v) is 6.71. The molecule has 1 aliphatic heterocycles. The maximum absolute atomic E-state index is 8.88. The van der Waals surface area contributed by atoms with E-state index in [0.717, 1.165) is 5.56 Å². The van der Waals surface area contributed by atoms with Crippen molar-refractivity contribution in [3.8, 4) is 0 Å². The smallest absolute Gasteiger partial charge is 0.164 e. The molecule has 0 spiro atoms. The molecule has 3 heteroatoms. The maximum atomic E-state index is 8.88. The zero-order valence-corrected chi connectivity index (χ0v) is 11.7. The summed E-state index contributed by atoms with van der Waals surface area (Å²) < 4.78 is 12.0. The summed E-state index contributed by atoms with van der Waals surface area (Å²) in [6, 6.07) is 10.1. The molecule has 0 bridgehead atoms. The predicted molar refractivity (Wildman–Crippen MR) is 74.6 cm³/mol. The fourth-order valence-electron chi connectivity index (χ4n) is 2.46. The van der Waals surface area contributed by atoms with Gasteiger partial charge in [0.25, 0.3) is 0 Å². The van der Waals surface area contributed by atoms with E-state index >= 15 is 0 Å². The molecule has 1 aromatic carbocycles. The van der Waals surface area contributed by atoms with Gasteiger partial charge >= 0.3 is 0 Å². The lowest BCUT2D eigenvalue weighted by atomic mass is 9.94. The molecular weight excluding hydrogens is 240 g/mol. The first-order chi connectivity index (χ1) is 9.03.